The van der Waals surface area contributed by atoms with Gasteiger partial charge in [0.1, 0.15) is 5.92 Å². The fourth-order valence-electron chi connectivity index (χ4n) is 12.1. The summed E-state index contributed by atoms with van der Waals surface area (Å²) in [6, 6.07) is 6.71. The summed E-state index contributed by atoms with van der Waals surface area (Å²) >= 11 is 0. The van der Waals surface area contributed by atoms with E-state index in [-0.39, 0.29) is 45.2 Å². The van der Waals surface area contributed by atoms with E-state index in [4.69, 9.17) is 4.74 Å². The molecule has 0 N–H and O–H groups in total. The highest BCUT2D eigenvalue weighted by molar-refractivity contribution is 5.90. The number of carbonyl (C=O) groups excluding carboxylic acids is 2. The largest absolute Gasteiger partial charge is 0.465 e. The van der Waals surface area contributed by atoms with Gasteiger partial charge in [0.25, 0.3) is 0 Å². The first kappa shape index (κ1) is 32.5. The Balaban J connectivity index is 1.57. The molecule has 45 heavy (non-hydrogen) atoms. The van der Waals surface area contributed by atoms with Gasteiger partial charge in [-0.1, -0.05) is 73.5 Å². The Morgan fingerprint density at radius 1 is 1.02 bits per heavy atom. The van der Waals surface area contributed by atoms with E-state index in [1.54, 1.807) is 0 Å². The Kier molecular flexibility index (Phi) is 7.78. The minimum Gasteiger partial charge on any atom is -0.465 e. The second-order valence-electron chi connectivity index (χ2n) is 17.8. The molecule has 6 rings (SSSR count). The second-order valence-corrected chi connectivity index (χ2v) is 17.8. The molecule has 1 aromatic rings. The molecule has 1 aromatic heterocycles. The molecule has 8 atom stereocenters. The molecule has 0 aromatic carbocycles. The SMILES string of the molecule is CCCCOC(=O)[C@]12CCC(C)(C)C[C@H]1C1=C(c3cccnc3)CC3[C@@]4(C)CC(C#N)C(=O)C(C)(C)[C@@H]4CC[C@@]3(C)[C@]1(C)CC2. The smallest absolute Gasteiger partial charge is 0.312 e. The molecular formula is C40H56N2O3. The summed E-state index contributed by atoms with van der Waals surface area (Å²) in [6.45, 7) is 19.2. The number of fused-ring (bicyclic) bond motifs is 7. The zero-order chi connectivity index (χ0) is 32.6. The highest BCUT2D eigenvalue weighted by Crippen LogP contribution is 2.77. The highest BCUT2D eigenvalue weighted by Gasteiger charge is 2.71. The number of esters is 1. The molecule has 4 fully saturated rings. The Hall–Kier alpha value is -2.48. The normalized spacial score (nSPS) is 41.5. The first-order valence-corrected chi connectivity index (χ1v) is 17.9. The van der Waals surface area contributed by atoms with E-state index in [9.17, 15) is 14.9 Å². The Bertz CT molecular complexity index is 1440. The van der Waals surface area contributed by atoms with E-state index in [1.807, 2.05) is 18.5 Å². The number of pyridine rings is 1. The molecule has 0 radical (unpaired) electrons. The van der Waals surface area contributed by atoms with Crippen LogP contribution in [0.15, 0.2) is 30.1 Å². The van der Waals surface area contributed by atoms with Crippen molar-refractivity contribution in [2.45, 2.75) is 126 Å². The summed E-state index contributed by atoms with van der Waals surface area (Å²) in [6.07, 6.45) is 14.2. The van der Waals surface area contributed by atoms with Crippen LogP contribution in [0.3, 0.4) is 0 Å². The molecule has 0 spiro atoms. The molecule has 1 heterocycles. The summed E-state index contributed by atoms with van der Waals surface area (Å²) in [5.74, 6) is 0.296. The minimum atomic E-state index is -0.556. The van der Waals surface area contributed by atoms with Crippen molar-refractivity contribution in [2.75, 3.05) is 6.61 Å². The number of nitrogens with zero attached hydrogens (tertiary/aromatic N) is 2. The fourth-order valence-corrected chi connectivity index (χ4v) is 12.1. The molecule has 0 bridgehead atoms. The second kappa shape index (κ2) is 10.8. The third-order valence-electron chi connectivity index (χ3n) is 14.8. The number of ether oxygens (including phenoxy) is 1. The Labute approximate surface area is 272 Å². The summed E-state index contributed by atoms with van der Waals surface area (Å²) < 4.78 is 6.14. The van der Waals surface area contributed by atoms with Crippen molar-refractivity contribution in [3.05, 3.63) is 35.7 Å². The van der Waals surface area contributed by atoms with E-state index in [1.165, 1.54) is 16.7 Å². The van der Waals surface area contributed by atoms with Crippen molar-refractivity contribution in [1.82, 2.24) is 4.98 Å². The van der Waals surface area contributed by atoms with Crippen molar-refractivity contribution >= 4 is 17.3 Å². The number of ketones is 1. The van der Waals surface area contributed by atoms with E-state index in [0.29, 0.717) is 18.9 Å². The molecule has 2 unspecified atom stereocenters. The molecule has 5 nitrogen and oxygen atoms in total. The number of Topliss-reactive ketones (excluding diaryl/α,β-unsaturated/α-hetero) is 1. The van der Waals surface area contributed by atoms with Crippen LogP contribution in [0.5, 0.6) is 0 Å². The Morgan fingerprint density at radius 3 is 2.42 bits per heavy atom. The first-order chi connectivity index (χ1) is 21.1. The zero-order valence-electron chi connectivity index (χ0n) is 29.2. The summed E-state index contributed by atoms with van der Waals surface area (Å²) in [5, 5.41) is 10.2. The van der Waals surface area contributed by atoms with Crippen molar-refractivity contribution in [2.24, 2.45) is 56.2 Å². The standard InChI is InChI=1S/C40H56N2O3/c1-9-10-20-45-34(44)40-17-15-35(2,3)23-29(40)32-28(26-12-11-19-42-25-26)21-31-37(6)22-27(24-41)33(43)36(4,5)30(37)13-14-38(31,7)39(32,8)16-18-40/h11-12,19,25,27,29-31H,9-10,13-18,20-23H2,1-8H3/t27?,29-,30-,31?,37-,38+,39+,40-/m0/s1. The van der Waals surface area contributed by atoms with Crippen LogP contribution in [0.4, 0.5) is 0 Å². The topological polar surface area (TPSA) is 80.0 Å². The van der Waals surface area contributed by atoms with E-state index in [0.717, 1.165) is 64.2 Å². The molecular weight excluding hydrogens is 556 g/mol. The molecule has 0 saturated heterocycles. The van der Waals surface area contributed by atoms with E-state index >= 15 is 0 Å². The Morgan fingerprint density at radius 2 is 1.76 bits per heavy atom. The first-order valence-electron chi connectivity index (χ1n) is 17.9. The number of carbonyl (C=O) groups is 2. The molecule has 244 valence electrons. The van der Waals surface area contributed by atoms with Crippen molar-refractivity contribution < 1.29 is 14.3 Å². The van der Waals surface area contributed by atoms with Crippen LogP contribution in [0.1, 0.15) is 132 Å². The van der Waals surface area contributed by atoms with Gasteiger partial charge in [-0.2, -0.15) is 5.26 Å². The minimum absolute atomic E-state index is 0.0182. The van der Waals surface area contributed by atoms with Crippen LogP contribution >= 0.6 is 0 Å². The van der Waals surface area contributed by atoms with Gasteiger partial charge in [-0.05, 0) is 121 Å². The number of unbranched alkanes of at least 4 members (excludes halogenated alkanes) is 1. The summed E-state index contributed by atoms with van der Waals surface area (Å²) in [7, 11) is 0. The molecule has 0 aliphatic heterocycles. The highest BCUT2D eigenvalue weighted by atomic mass is 16.5. The van der Waals surface area contributed by atoms with Crippen LogP contribution in [0.2, 0.25) is 0 Å². The van der Waals surface area contributed by atoms with Crippen LogP contribution < -0.4 is 0 Å². The predicted octanol–water partition coefficient (Wildman–Crippen LogP) is 9.37. The van der Waals surface area contributed by atoms with Gasteiger partial charge in [0.05, 0.1) is 18.1 Å². The number of hydrogen-bond acceptors (Lipinski definition) is 5. The lowest BCUT2D eigenvalue weighted by atomic mass is 9.32. The molecule has 5 heteroatoms. The number of aromatic nitrogens is 1. The molecule has 4 saturated carbocycles. The molecule has 5 aliphatic carbocycles. The van der Waals surface area contributed by atoms with Gasteiger partial charge in [-0.15, -0.1) is 0 Å². The maximum Gasteiger partial charge on any atom is 0.312 e. The number of allylic oxidation sites excluding steroid dienone is 2. The molecule has 0 amide bonds. The van der Waals surface area contributed by atoms with Crippen molar-refractivity contribution in [3.63, 3.8) is 0 Å². The third-order valence-corrected chi connectivity index (χ3v) is 14.8. The van der Waals surface area contributed by atoms with Gasteiger partial charge in [0.15, 0.2) is 5.78 Å². The lowest BCUT2D eigenvalue weighted by Crippen LogP contribution is -2.66. The average Bonchev–Trinajstić information content (AvgIpc) is 2.99. The van der Waals surface area contributed by atoms with Gasteiger partial charge >= 0.3 is 5.97 Å². The number of rotatable bonds is 5. The third kappa shape index (κ3) is 4.54. The lowest BCUT2D eigenvalue weighted by molar-refractivity contribution is -0.193. The monoisotopic (exact) mass is 612 g/mol. The summed E-state index contributed by atoms with van der Waals surface area (Å²) in [5.41, 5.74) is 2.91. The fraction of sp³-hybridized carbons (Fsp3) is 0.750. The number of hydrogen-bond donors (Lipinski definition) is 0. The van der Waals surface area contributed by atoms with E-state index < -0.39 is 16.7 Å². The van der Waals surface area contributed by atoms with Crippen LogP contribution in [0.25, 0.3) is 5.57 Å². The van der Waals surface area contributed by atoms with Crippen LogP contribution in [-0.4, -0.2) is 23.3 Å². The van der Waals surface area contributed by atoms with Crippen LogP contribution in [0, 0.1) is 67.5 Å². The zero-order valence-corrected chi connectivity index (χ0v) is 29.2. The van der Waals surface area contributed by atoms with Crippen molar-refractivity contribution in [3.8, 4) is 6.07 Å². The van der Waals surface area contributed by atoms with Gasteiger partial charge < -0.3 is 4.74 Å². The maximum absolute atomic E-state index is 14.3. The maximum atomic E-state index is 14.3. The molecule has 5 aliphatic rings. The van der Waals surface area contributed by atoms with Gasteiger partial charge in [-0.25, -0.2) is 0 Å². The van der Waals surface area contributed by atoms with Gasteiger partial charge in [-0.3, -0.25) is 14.6 Å². The lowest BCUT2D eigenvalue weighted by Gasteiger charge is -2.71. The van der Waals surface area contributed by atoms with Gasteiger partial charge in [0, 0.05) is 17.8 Å². The van der Waals surface area contributed by atoms with E-state index in [2.05, 4.69) is 72.5 Å². The quantitative estimate of drug-likeness (QED) is 0.244. The number of nitriles is 1. The summed E-state index contributed by atoms with van der Waals surface area (Å²) in [4.78, 5) is 32.6. The predicted molar refractivity (Wildman–Crippen MR) is 177 cm³/mol. The average molecular weight is 613 g/mol. The van der Waals surface area contributed by atoms with Gasteiger partial charge in [0.2, 0.25) is 0 Å². The van der Waals surface area contributed by atoms with Crippen LogP contribution in [-0.2, 0) is 14.3 Å². The van der Waals surface area contributed by atoms with Crippen molar-refractivity contribution in [1.29, 1.82) is 5.26 Å².